The van der Waals surface area contributed by atoms with Crippen LogP contribution in [0.3, 0.4) is 0 Å². The fourth-order valence-electron chi connectivity index (χ4n) is 4.93. The molecule has 29 heavy (non-hydrogen) atoms. The van der Waals surface area contributed by atoms with E-state index in [1.54, 1.807) is 17.9 Å². The first-order chi connectivity index (χ1) is 14.1. The molecule has 0 radical (unpaired) electrons. The van der Waals surface area contributed by atoms with E-state index in [4.69, 9.17) is 14.0 Å². The molecule has 0 aliphatic carbocycles. The summed E-state index contributed by atoms with van der Waals surface area (Å²) in [7, 11) is 0. The predicted octanol–water partition coefficient (Wildman–Crippen LogP) is 0.108. The highest BCUT2D eigenvalue weighted by atomic mass is 16.5. The van der Waals surface area contributed by atoms with Gasteiger partial charge in [0.1, 0.15) is 11.4 Å². The van der Waals surface area contributed by atoms with E-state index in [2.05, 4.69) is 15.4 Å². The molecular formula is C20H26N4O5. The first kappa shape index (κ1) is 18.8. The number of hydrogen-bond donors (Lipinski definition) is 1. The molecule has 4 atom stereocenters. The van der Waals surface area contributed by atoms with E-state index >= 15 is 0 Å². The number of rotatable bonds is 6. The Morgan fingerprint density at radius 2 is 2.21 bits per heavy atom. The van der Waals surface area contributed by atoms with Crippen LogP contribution in [0, 0.1) is 18.8 Å². The standard InChI is InChI=1S/C20H26N4O5/c1-13-11-15(22-29-13)24-12-20-4-3-14(28-20)16(17(20)19(24)26)18(25)21-5-2-6-23-7-9-27-10-8-23/h3-4,11,14,16-17H,2,5-10,12H2,1H3,(H,21,25)/t14-,16?,17?,20-/m0/s1. The number of aromatic nitrogens is 1. The van der Waals surface area contributed by atoms with Gasteiger partial charge in [-0.05, 0) is 19.9 Å². The van der Waals surface area contributed by atoms with Gasteiger partial charge in [0.15, 0.2) is 5.82 Å². The Hall–Kier alpha value is -2.23. The molecule has 1 N–H and O–H groups in total. The molecule has 9 nitrogen and oxygen atoms in total. The summed E-state index contributed by atoms with van der Waals surface area (Å²) in [6, 6.07) is 1.73. The maximum absolute atomic E-state index is 13.2. The zero-order valence-electron chi connectivity index (χ0n) is 16.5. The Bertz CT molecular complexity index is 833. The lowest BCUT2D eigenvalue weighted by atomic mass is 9.77. The third-order valence-electron chi connectivity index (χ3n) is 6.35. The van der Waals surface area contributed by atoms with Crippen LogP contribution in [0.1, 0.15) is 12.2 Å². The van der Waals surface area contributed by atoms with Crippen molar-refractivity contribution in [2.75, 3.05) is 50.8 Å². The Kier molecular flexibility index (Phi) is 4.68. The van der Waals surface area contributed by atoms with Crippen LogP contribution < -0.4 is 10.2 Å². The highest BCUT2D eigenvalue weighted by molar-refractivity contribution is 6.02. The van der Waals surface area contributed by atoms with Crippen LogP contribution in [-0.4, -0.2) is 79.5 Å². The summed E-state index contributed by atoms with van der Waals surface area (Å²) in [6.07, 6.45) is 4.38. The van der Waals surface area contributed by atoms with Gasteiger partial charge >= 0.3 is 0 Å². The lowest BCUT2D eigenvalue weighted by Gasteiger charge is -2.27. The number of anilines is 1. The maximum atomic E-state index is 13.2. The van der Waals surface area contributed by atoms with Crippen molar-refractivity contribution in [3.05, 3.63) is 24.0 Å². The van der Waals surface area contributed by atoms with Crippen molar-refractivity contribution in [3.8, 4) is 0 Å². The molecule has 2 unspecified atom stereocenters. The minimum absolute atomic E-state index is 0.111. The van der Waals surface area contributed by atoms with Crippen molar-refractivity contribution in [3.63, 3.8) is 0 Å². The highest BCUT2D eigenvalue weighted by Crippen LogP contribution is 2.52. The second-order valence-corrected chi connectivity index (χ2v) is 8.22. The topological polar surface area (TPSA) is 97.1 Å². The van der Waals surface area contributed by atoms with E-state index in [9.17, 15) is 9.59 Å². The van der Waals surface area contributed by atoms with E-state index in [-0.39, 0.29) is 17.9 Å². The maximum Gasteiger partial charge on any atom is 0.235 e. The van der Waals surface area contributed by atoms with Crippen LogP contribution in [-0.2, 0) is 19.1 Å². The number of carbonyl (C=O) groups excluding carboxylic acids is 2. The van der Waals surface area contributed by atoms with Crippen LogP contribution in [0.4, 0.5) is 5.82 Å². The van der Waals surface area contributed by atoms with Gasteiger partial charge in [-0.2, -0.15) is 0 Å². The van der Waals surface area contributed by atoms with Crippen molar-refractivity contribution in [1.82, 2.24) is 15.4 Å². The molecule has 1 spiro atoms. The number of nitrogens with one attached hydrogen (secondary N) is 1. The number of carbonyl (C=O) groups is 2. The van der Waals surface area contributed by atoms with Crippen molar-refractivity contribution in [2.45, 2.75) is 25.0 Å². The van der Waals surface area contributed by atoms with Gasteiger partial charge in [-0.25, -0.2) is 0 Å². The fourth-order valence-corrected chi connectivity index (χ4v) is 4.93. The number of nitrogens with zero attached hydrogens (tertiary/aromatic N) is 3. The minimum Gasteiger partial charge on any atom is -0.379 e. The zero-order chi connectivity index (χ0) is 20.0. The normalized spacial score (nSPS) is 33.5. The minimum atomic E-state index is -0.746. The van der Waals surface area contributed by atoms with Crippen LogP contribution in [0.25, 0.3) is 0 Å². The second kappa shape index (κ2) is 7.23. The van der Waals surface area contributed by atoms with Crippen LogP contribution >= 0.6 is 0 Å². The van der Waals surface area contributed by atoms with Gasteiger partial charge in [0, 0.05) is 25.7 Å². The molecule has 1 aromatic heterocycles. The third-order valence-corrected chi connectivity index (χ3v) is 6.35. The number of ether oxygens (including phenoxy) is 2. The van der Waals surface area contributed by atoms with E-state index in [1.807, 2.05) is 12.2 Å². The molecule has 3 saturated heterocycles. The molecule has 156 valence electrons. The zero-order valence-corrected chi connectivity index (χ0v) is 16.5. The van der Waals surface area contributed by atoms with Crippen molar-refractivity contribution < 1.29 is 23.6 Å². The van der Waals surface area contributed by atoms with E-state index in [0.717, 1.165) is 39.3 Å². The summed E-state index contributed by atoms with van der Waals surface area (Å²) in [4.78, 5) is 30.0. The molecule has 0 aromatic carbocycles. The lowest BCUT2D eigenvalue weighted by Crippen LogP contribution is -2.45. The summed E-state index contributed by atoms with van der Waals surface area (Å²) in [5.74, 6) is -0.153. The van der Waals surface area contributed by atoms with Gasteiger partial charge in [0.05, 0.1) is 37.7 Å². The van der Waals surface area contributed by atoms with E-state index in [1.165, 1.54) is 0 Å². The van der Waals surface area contributed by atoms with Crippen molar-refractivity contribution in [1.29, 1.82) is 0 Å². The Balaban J connectivity index is 1.22. The molecule has 5 rings (SSSR count). The highest BCUT2D eigenvalue weighted by Gasteiger charge is 2.67. The molecule has 2 bridgehead atoms. The molecule has 5 heterocycles. The largest absolute Gasteiger partial charge is 0.379 e. The number of hydrogen-bond acceptors (Lipinski definition) is 7. The van der Waals surface area contributed by atoms with Crippen molar-refractivity contribution >= 4 is 17.6 Å². The molecular weight excluding hydrogens is 376 g/mol. The molecule has 0 saturated carbocycles. The molecule has 4 aliphatic heterocycles. The first-order valence-corrected chi connectivity index (χ1v) is 10.3. The van der Waals surface area contributed by atoms with Crippen LogP contribution in [0.15, 0.2) is 22.7 Å². The van der Waals surface area contributed by atoms with Gasteiger partial charge in [0.25, 0.3) is 0 Å². The van der Waals surface area contributed by atoms with Crippen LogP contribution in [0.2, 0.25) is 0 Å². The summed E-state index contributed by atoms with van der Waals surface area (Å²) in [5.41, 5.74) is -0.746. The average Bonchev–Trinajstić information content (AvgIpc) is 3.47. The Morgan fingerprint density at radius 1 is 1.38 bits per heavy atom. The molecule has 4 aliphatic rings. The number of amides is 2. The summed E-state index contributed by atoms with van der Waals surface area (Å²) in [6.45, 7) is 7.08. The van der Waals surface area contributed by atoms with Gasteiger partial charge in [-0.15, -0.1) is 0 Å². The Labute approximate surface area is 169 Å². The summed E-state index contributed by atoms with van der Waals surface area (Å²) in [5, 5.41) is 6.99. The number of aryl methyl sites for hydroxylation is 1. The third kappa shape index (κ3) is 3.17. The molecule has 1 aromatic rings. The van der Waals surface area contributed by atoms with Gasteiger partial charge < -0.3 is 19.3 Å². The first-order valence-electron chi connectivity index (χ1n) is 10.3. The van der Waals surface area contributed by atoms with Gasteiger partial charge in [-0.1, -0.05) is 17.3 Å². The predicted molar refractivity (Wildman–Crippen MR) is 102 cm³/mol. The molecule has 2 amide bonds. The number of morpholine rings is 1. The molecule has 3 fully saturated rings. The number of fused-ring (bicyclic) bond motifs is 1. The van der Waals surface area contributed by atoms with Crippen LogP contribution in [0.5, 0.6) is 0 Å². The molecule has 9 heteroatoms. The van der Waals surface area contributed by atoms with Gasteiger partial charge in [-0.3, -0.25) is 19.4 Å². The average molecular weight is 402 g/mol. The van der Waals surface area contributed by atoms with E-state index < -0.39 is 17.4 Å². The summed E-state index contributed by atoms with van der Waals surface area (Å²) >= 11 is 0. The van der Waals surface area contributed by atoms with Crippen molar-refractivity contribution in [2.24, 2.45) is 11.8 Å². The van der Waals surface area contributed by atoms with E-state index in [0.29, 0.717) is 24.7 Å². The fraction of sp³-hybridized carbons (Fsp3) is 0.650. The summed E-state index contributed by atoms with van der Waals surface area (Å²) < 4.78 is 16.6. The monoisotopic (exact) mass is 402 g/mol. The van der Waals surface area contributed by atoms with Gasteiger partial charge in [0.2, 0.25) is 11.8 Å². The quantitative estimate of drug-likeness (QED) is 0.533. The Morgan fingerprint density at radius 3 is 2.97 bits per heavy atom. The smallest absolute Gasteiger partial charge is 0.235 e. The SMILES string of the molecule is Cc1cc(N2C[C@]34C=C[C@H](O3)C(C(=O)NCCCN3CCOCC3)C4C2=O)no1. The second-order valence-electron chi connectivity index (χ2n) is 8.22. The lowest BCUT2D eigenvalue weighted by molar-refractivity contribution is -0.131.